The fraction of sp³-hybridized carbons (Fsp3) is 1.00. The van der Waals surface area contributed by atoms with Crippen molar-refractivity contribution in [3.63, 3.8) is 0 Å². The second-order valence-electron chi connectivity index (χ2n) is 5.21. The summed E-state index contributed by atoms with van der Waals surface area (Å²) in [6.07, 6.45) is -8.78. The minimum atomic E-state index is -4.39. The summed E-state index contributed by atoms with van der Waals surface area (Å²) in [6.45, 7) is 5.19. The van der Waals surface area contributed by atoms with Crippen LogP contribution in [0.5, 0.6) is 0 Å². The Hall–Kier alpha value is -0.0262. The molecule has 0 fully saturated rings. The number of hydrogen-bond acceptors (Lipinski definition) is 1. The SMILES string of the molecule is C[Si](C)(CC(F)(F)F)O[Si](C)(C)CC(F)(F)F. The van der Waals surface area contributed by atoms with E-state index in [4.69, 9.17) is 4.12 Å². The van der Waals surface area contributed by atoms with Gasteiger partial charge in [-0.15, -0.1) is 0 Å². The Labute approximate surface area is 98.4 Å². The molecule has 0 aromatic rings. The Morgan fingerprint density at radius 1 is 0.706 bits per heavy atom. The molecular weight excluding hydrogens is 282 g/mol. The van der Waals surface area contributed by atoms with Gasteiger partial charge < -0.3 is 4.12 Å². The third-order valence-corrected chi connectivity index (χ3v) is 8.73. The second-order valence-corrected chi connectivity index (χ2v) is 13.8. The van der Waals surface area contributed by atoms with Gasteiger partial charge in [0.1, 0.15) is 0 Å². The lowest BCUT2D eigenvalue weighted by molar-refractivity contribution is -0.113. The van der Waals surface area contributed by atoms with Crippen LogP contribution in [0.15, 0.2) is 0 Å². The van der Waals surface area contributed by atoms with E-state index in [9.17, 15) is 26.3 Å². The molecule has 0 amide bonds. The van der Waals surface area contributed by atoms with Crippen molar-refractivity contribution in [3.8, 4) is 0 Å². The lowest BCUT2D eigenvalue weighted by Crippen LogP contribution is -2.48. The zero-order valence-electron chi connectivity index (χ0n) is 10.1. The lowest BCUT2D eigenvalue weighted by atomic mass is 10.8. The van der Waals surface area contributed by atoms with Gasteiger partial charge in [0, 0.05) is 0 Å². The molecule has 0 rings (SSSR count). The molecular formula is C8H16F6OSi2. The summed E-state index contributed by atoms with van der Waals surface area (Å²) < 4.78 is 78.5. The molecule has 1 nitrogen and oxygen atoms in total. The predicted octanol–water partition coefficient (Wildman–Crippen LogP) is 4.54. The quantitative estimate of drug-likeness (QED) is 0.547. The van der Waals surface area contributed by atoms with Gasteiger partial charge in [0.05, 0.1) is 12.1 Å². The summed E-state index contributed by atoms with van der Waals surface area (Å²) in [5.41, 5.74) is 0. The molecule has 0 aliphatic heterocycles. The second kappa shape index (κ2) is 4.92. The van der Waals surface area contributed by atoms with Crippen molar-refractivity contribution < 1.29 is 30.5 Å². The van der Waals surface area contributed by atoms with Gasteiger partial charge in [-0.2, -0.15) is 26.3 Å². The standard InChI is InChI=1S/C8H16F6OSi2/c1-16(2,5-7(9,10)11)15-17(3,4)6-8(12,13)14/h5-6H2,1-4H3. The maximum Gasteiger partial charge on any atom is 0.389 e. The maximum absolute atomic E-state index is 12.2. The molecule has 0 aromatic carbocycles. The van der Waals surface area contributed by atoms with Crippen LogP contribution in [0.3, 0.4) is 0 Å². The minimum Gasteiger partial charge on any atom is -0.455 e. The van der Waals surface area contributed by atoms with Crippen molar-refractivity contribution in [1.82, 2.24) is 0 Å². The largest absolute Gasteiger partial charge is 0.455 e. The summed E-state index contributed by atoms with van der Waals surface area (Å²) >= 11 is 0. The van der Waals surface area contributed by atoms with E-state index in [1.807, 2.05) is 0 Å². The van der Waals surface area contributed by atoms with Crippen molar-refractivity contribution in [3.05, 3.63) is 0 Å². The third-order valence-electron chi connectivity index (χ3n) is 1.80. The normalized spacial score (nSPS) is 15.2. The van der Waals surface area contributed by atoms with Crippen LogP contribution in [0.4, 0.5) is 26.3 Å². The maximum atomic E-state index is 12.2. The molecule has 9 heteroatoms. The average molecular weight is 298 g/mol. The molecule has 17 heavy (non-hydrogen) atoms. The van der Waals surface area contributed by atoms with Crippen molar-refractivity contribution in [2.24, 2.45) is 0 Å². The molecule has 0 atom stereocenters. The van der Waals surface area contributed by atoms with E-state index in [0.717, 1.165) is 0 Å². The van der Waals surface area contributed by atoms with E-state index >= 15 is 0 Å². The monoisotopic (exact) mass is 298 g/mol. The van der Waals surface area contributed by atoms with Crippen LogP contribution < -0.4 is 0 Å². The number of alkyl halides is 6. The van der Waals surface area contributed by atoms with Gasteiger partial charge in [-0.1, -0.05) is 0 Å². The highest BCUT2D eigenvalue weighted by Crippen LogP contribution is 2.34. The summed E-state index contributed by atoms with van der Waals surface area (Å²) in [7, 11) is -6.27. The minimum absolute atomic E-state index is 1.12. The summed E-state index contributed by atoms with van der Waals surface area (Å²) in [5.74, 6) is 0. The van der Waals surface area contributed by atoms with Crippen molar-refractivity contribution in [1.29, 1.82) is 0 Å². The van der Waals surface area contributed by atoms with Crippen LogP contribution in [0.25, 0.3) is 0 Å². The van der Waals surface area contributed by atoms with Crippen molar-refractivity contribution >= 4 is 16.6 Å². The topological polar surface area (TPSA) is 9.23 Å². The van der Waals surface area contributed by atoms with E-state index in [-0.39, 0.29) is 0 Å². The van der Waals surface area contributed by atoms with E-state index in [1.165, 1.54) is 26.2 Å². The molecule has 0 aromatic heterocycles. The van der Waals surface area contributed by atoms with Gasteiger partial charge in [0.25, 0.3) is 0 Å². The Morgan fingerprint density at radius 3 is 1.12 bits per heavy atom. The highest BCUT2D eigenvalue weighted by atomic mass is 28.4. The van der Waals surface area contributed by atoms with Crippen LogP contribution in [0.2, 0.25) is 38.3 Å². The highest BCUT2D eigenvalue weighted by Gasteiger charge is 2.46. The van der Waals surface area contributed by atoms with Crippen LogP contribution in [0.1, 0.15) is 0 Å². The first-order chi connectivity index (χ1) is 7.12. The van der Waals surface area contributed by atoms with Gasteiger partial charge in [0.2, 0.25) is 0 Å². The van der Waals surface area contributed by atoms with E-state index < -0.39 is 41.1 Å². The van der Waals surface area contributed by atoms with Crippen LogP contribution in [0, 0.1) is 0 Å². The van der Waals surface area contributed by atoms with Crippen LogP contribution >= 0.6 is 0 Å². The Balaban J connectivity index is 4.59. The molecule has 0 unspecified atom stereocenters. The van der Waals surface area contributed by atoms with Gasteiger partial charge in [0.15, 0.2) is 16.6 Å². The number of rotatable bonds is 4. The zero-order valence-corrected chi connectivity index (χ0v) is 12.1. The molecule has 0 radical (unpaired) electrons. The van der Waals surface area contributed by atoms with Crippen LogP contribution in [-0.4, -0.2) is 29.0 Å². The fourth-order valence-corrected chi connectivity index (χ4v) is 10.3. The smallest absolute Gasteiger partial charge is 0.389 e. The molecule has 0 N–H and O–H groups in total. The van der Waals surface area contributed by atoms with Crippen molar-refractivity contribution in [2.75, 3.05) is 0 Å². The number of halogens is 6. The Morgan fingerprint density at radius 2 is 0.941 bits per heavy atom. The molecule has 0 bridgehead atoms. The molecule has 0 aliphatic rings. The first-order valence-corrected chi connectivity index (χ1v) is 11.2. The fourth-order valence-electron chi connectivity index (χ4n) is 1.79. The van der Waals surface area contributed by atoms with Crippen molar-refractivity contribution in [2.45, 2.75) is 50.6 Å². The molecule has 0 aliphatic carbocycles. The Kier molecular flexibility index (Phi) is 4.91. The van der Waals surface area contributed by atoms with Gasteiger partial charge >= 0.3 is 12.4 Å². The molecule has 104 valence electrons. The van der Waals surface area contributed by atoms with Gasteiger partial charge in [-0.3, -0.25) is 0 Å². The highest BCUT2D eigenvalue weighted by molar-refractivity contribution is 6.85. The van der Waals surface area contributed by atoms with E-state index in [2.05, 4.69) is 0 Å². The van der Waals surface area contributed by atoms with E-state index in [0.29, 0.717) is 0 Å². The molecule has 0 heterocycles. The number of hydrogen-bond donors (Lipinski definition) is 0. The predicted molar refractivity (Wildman–Crippen MR) is 57.8 cm³/mol. The first-order valence-electron chi connectivity index (χ1n) is 4.96. The summed E-state index contributed by atoms with van der Waals surface area (Å²) in [5, 5.41) is 0. The van der Waals surface area contributed by atoms with Gasteiger partial charge in [-0.05, 0) is 26.2 Å². The van der Waals surface area contributed by atoms with E-state index in [1.54, 1.807) is 0 Å². The van der Waals surface area contributed by atoms with Gasteiger partial charge in [-0.25, -0.2) is 0 Å². The molecule has 0 saturated carbocycles. The first kappa shape index (κ1) is 17.0. The summed E-state index contributed by atoms with van der Waals surface area (Å²) in [4.78, 5) is 0. The average Bonchev–Trinajstić information content (AvgIpc) is 1.65. The lowest BCUT2D eigenvalue weighted by Gasteiger charge is -2.34. The third kappa shape index (κ3) is 9.66. The Bertz CT molecular complexity index is 232. The zero-order chi connectivity index (χ0) is 14.1. The molecule has 0 saturated heterocycles. The molecule has 0 spiro atoms. The summed E-state index contributed by atoms with van der Waals surface area (Å²) in [6, 6.07) is -2.23. The van der Waals surface area contributed by atoms with Crippen LogP contribution in [-0.2, 0) is 4.12 Å².